The lowest BCUT2D eigenvalue weighted by Crippen LogP contribution is -2.57. The molecular formula is C25H35N6O2+. The smallest absolute Gasteiger partial charge is 0.409 e. The van der Waals surface area contributed by atoms with Crippen LogP contribution in [0.25, 0.3) is 11.1 Å². The Hall–Kier alpha value is -2.90. The van der Waals surface area contributed by atoms with Gasteiger partial charge in [-0.2, -0.15) is 5.10 Å². The molecule has 0 N–H and O–H groups in total. The van der Waals surface area contributed by atoms with E-state index < -0.39 is 0 Å². The molecule has 1 saturated carbocycles. The standard InChI is InChI=1S/C25H35N6O2/c1-3-10-31-17-20(16-27-31)22-6-5-9-26-23(22)29-13-11-28(12-14-29)21-7-8-25(15-21)18-30(19-25)24(32)33-4-2/h5-6,9,16-17H,3-4,7-8,10-15,18-19H2,1-2H3/q+1. The number of anilines is 1. The summed E-state index contributed by atoms with van der Waals surface area (Å²) in [5.41, 5.74) is 4.15. The van der Waals surface area contributed by atoms with Crippen molar-refractivity contribution in [3.63, 3.8) is 0 Å². The number of amides is 1. The zero-order valence-electron chi connectivity index (χ0n) is 19.9. The van der Waals surface area contributed by atoms with Gasteiger partial charge in [0.05, 0.1) is 25.9 Å². The lowest BCUT2D eigenvalue weighted by Gasteiger charge is -2.46. The minimum Gasteiger partial charge on any atom is -0.450 e. The summed E-state index contributed by atoms with van der Waals surface area (Å²) in [6, 6.07) is 4.17. The molecule has 0 unspecified atom stereocenters. The van der Waals surface area contributed by atoms with E-state index in [1.54, 1.807) is 5.71 Å². The number of piperazine rings is 1. The predicted octanol–water partition coefficient (Wildman–Crippen LogP) is 3.27. The first-order valence-corrected chi connectivity index (χ1v) is 12.3. The van der Waals surface area contributed by atoms with Crippen LogP contribution in [-0.2, 0) is 11.3 Å². The van der Waals surface area contributed by atoms with Crippen LogP contribution < -0.4 is 4.90 Å². The molecule has 2 saturated heterocycles. The van der Waals surface area contributed by atoms with Crippen molar-refractivity contribution < 1.29 is 14.1 Å². The van der Waals surface area contributed by atoms with Gasteiger partial charge in [-0.3, -0.25) is 4.68 Å². The second-order valence-electron chi connectivity index (χ2n) is 9.64. The number of likely N-dealkylation sites (tertiary alicyclic amines) is 1. The van der Waals surface area contributed by atoms with Crippen LogP contribution in [-0.4, -0.2) is 81.9 Å². The van der Waals surface area contributed by atoms with E-state index in [0.717, 1.165) is 82.0 Å². The Balaban J connectivity index is 1.23. The molecule has 2 aliphatic heterocycles. The maximum absolute atomic E-state index is 12.0. The van der Waals surface area contributed by atoms with Gasteiger partial charge in [0.1, 0.15) is 5.82 Å². The van der Waals surface area contributed by atoms with E-state index >= 15 is 0 Å². The van der Waals surface area contributed by atoms with Crippen molar-refractivity contribution in [2.24, 2.45) is 5.41 Å². The van der Waals surface area contributed by atoms with E-state index in [-0.39, 0.29) is 11.5 Å². The van der Waals surface area contributed by atoms with E-state index in [2.05, 4.69) is 33.8 Å². The van der Waals surface area contributed by atoms with Crippen molar-refractivity contribution in [1.29, 1.82) is 0 Å². The maximum atomic E-state index is 12.0. The summed E-state index contributed by atoms with van der Waals surface area (Å²) in [4.78, 5) is 21.0. The number of nitrogens with zero attached hydrogens (tertiary/aromatic N) is 6. The highest BCUT2D eigenvalue weighted by atomic mass is 16.6. The molecule has 5 rings (SSSR count). The fourth-order valence-electron chi connectivity index (χ4n) is 5.63. The largest absolute Gasteiger partial charge is 0.450 e. The Morgan fingerprint density at radius 3 is 2.82 bits per heavy atom. The number of carbonyl (C=O) groups excluding carboxylic acids is 1. The fourth-order valence-corrected chi connectivity index (χ4v) is 5.63. The van der Waals surface area contributed by atoms with Crippen LogP contribution in [0, 0.1) is 5.41 Å². The lowest BCUT2D eigenvalue weighted by molar-refractivity contribution is -0.531. The minimum absolute atomic E-state index is 0.156. The third-order valence-corrected chi connectivity index (χ3v) is 7.31. The zero-order chi connectivity index (χ0) is 22.8. The van der Waals surface area contributed by atoms with Gasteiger partial charge in [0.25, 0.3) is 0 Å². The summed E-state index contributed by atoms with van der Waals surface area (Å²) in [6.07, 6.45) is 10.4. The number of aryl methyl sites for hydroxylation is 1. The van der Waals surface area contributed by atoms with Crippen LogP contribution in [0.15, 0.2) is 30.7 Å². The maximum Gasteiger partial charge on any atom is 0.409 e. The topological polar surface area (TPSA) is 66.5 Å². The van der Waals surface area contributed by atoms with Crippen LogP contribution >= 0.6 is 0 Å². The molecule has 176 valence electrons. The number of aromatic nitrogens is 3. The van der Waals surface area contributed by atoms with Gasteiger partial charge >= 0.3 is 6.09 Å². The molecule has 0 atom stereocenters. The molecule has 2 aromatic heterocycles. The first kappa shape index (κ1) is 21.9. The van der Waals surface area contributed by atoms with Gasteiger partial charge in [-0.05, 0) is 31.9 Å². The van der Waals surface area contributed by atoms with Crippen molar-refractivity contribution in [2.75, 3.05) is 50.8 Å². The van der Waals surface area contributed by atoms with Crippen molar-refractivity contribution in [1.82, 2.24) is 19.7 Å². The Bertz CT molecular complexity index is 1030. The van der Waals surface area contributed by atoms with Gasteiger partial charge in [-0.1, -0.05) is 6.92 Å². The molecule has 33 heavy (non-hydrogen) atoms. The van der Waals surface area contributed by atoms with Crippen LogP contribution in [0.5, 0.6) is 0 Å². The summed E-state index contributed by atoms with van der Waals surface area (Å²) in [6.45, 7) is 11.1. The van der Waals surface area contributed by atoms with E-state index in [9.17, 15) is 4.79 Å². The molecule has 3 aliphatic rings. The molecule has 4 heterocycles. The summed E-state index contributed by atoms with van der Waals surface area (Å²) in [5.74, 6) is 1.06. The third-order valence-electron chi connectivity index (χ3n) is 7.31. The predicted molar refractivity (Wildman–Crippen MR) is 128 cm³/mol. The zero-order valence-corrected chi connectivity index (χ0v) is 19.9. The van der Waals surface area contributed by atoms with Gasteiger partial charge in [-0.25, -0.2) is 14.4 Å². The number of rotatable bonds is 5. The summed E-state index contributed by atoms with van der Waals surface area (Å²) in [5, 5.41) is 4.51. The van der Waals surface area contributed by atoms with Crippen LogP contribution in [0.3, 0.4) is 0 Å². The summed E-state index contributed by atoms with van der Waals surface area (Å²) < 4.78 is 9.75. The van der Waals surface area contributed by atoms with E-state index in [4.69, 9.17) is 9.72 Å². The molecule has 0 aromatic carbocycles. The average molecular weight is 452 g/mol. The van der Waals surface area contributed by atoms with Gasteiger partial charge in [-0.15, -0.1) is 0 Å². The van der Waals surface area contributed by atoms with E-state index in [1.165, 1.54) is 6.42 Å². The van der Waals surface area contributed by atoms with Crippen molar-refractivity contribution >= 4 is 17.6 Å². The highest BCUT2D eigenvalue weighted by Crippen LogP contribution is 2.44. The normalized spacial score (nSPS) is 19.8. The fraction of sp³-hybridized carbons (Fsp3) is 0.600. The molecule has 8 heteroatoms. The molecule has 0 radical (unpaired) electrons. The number of ether oxygens (including phenoxy) is 1. The minimum atomic E-state index is -0.156. The Labute approximate surface area is 195 Å². The van der Waals surface area contributed by atoms with E-state index in [0.29, 0.717) is 6.61 Å². The van der Waals surface area contributed by atoms with Crippen LogP contribution in [0.1, 0.15) is 39.5 Å². The third kappa shape index (κ3) is 4.35. The van der Waals surface area contributed by atoms with Crippen molar-refractivity contribution in [3.05, 3.63) is 30.7 Å². The lowest BCUT2D eigenvalue weighted by atomic mass is 9.78. The molecule has 2 aromatic rings. The SMILES string of the molecule is CCCn1cc(-c2cccnc2N2CC[N+](=C3CCC4(C3)CN(C(=O)OCC)C4)CC2)cn1. The molecule has 0 bridgehead atoms. The van der Waals surface area contributed by atoms with Crippen molar-refractivity contribution in [3.8, 4) is 11.1 Å². The number of hydrogen-bond donors (Lipinski definition) is 0. The number of pyridine rings is 1. The molecule has 1 spiro atoms. The molecule has 8 nitrogen and oxygen atoms in total. The number of hydrogen-bond acceptors (Lipinski definition) is 5. The molecule has 1 amide bonds. The second-order valence-corrected chi connectivity index (χ2v) is 9.64. The monoisotopic (exact) mass is 451 g/mol. The van der Waals surface area contributed by atoms with Gasteiger partial charge in [0.15, 0.2) is 18.8 Å². The van der Waals surface area contributed by atoms with Gasteiger partial charge < -0.3 is 14.5 Å². The van der Waals surface area contributed by atoms with Gasteiger partial charge in [0.2, 0.25) is 0 Å². The summed E-state index contributed by atoms with van der Waals surface area (Å²) >= 11 is 0. The van der Waals surface area contributed by atoms with Gasteiger partial charge in [0, 0.05) is 61.4 Å². The number of carbonyl (C=O) groups is 1. The Kier molecular flexibility index (Phi) is 6.08. The highest BCUT2D eigenvalue weighted by Gasteiger charge is 2.51. The van der Waals surface area contributed by atoms with Crippen LogP contribution in [0.2, 0.25) is 0 Å². The quantitative estimate of drug-likeness (QED) is 0.653. The molecule has 1 aliphatic carbocycles. The second kappa shape index (κ2) is 9.15. The summed E-state index contributed by atoms with van der Waals surface area (Å²) in [7, 11) is 0. The molecular weight excluding hydrogens is 416 g/mol. The Morgan fingerprint density at radius 2 is 2.06 bits per heavy atom. The first-order chi connectivity index (χ1) is 16.1. The van der Waals surface area contributed by atoms with Crippen LogP contribution in [0.4, 0.5) is 10.6 Å². The van der Waals surface area contributed by atoms with E-state index in [1.807, 2.05) is 35.0 Å². The molecule has 3 fully saturated rings. The Morgan fingerprint density at radius 1 is 1.24 bits per heavy atom. The first-order valence-electron chi connectivity index (χ1n) is 12.3. The highest BCUT2D eigenvalue weighted by molar-refractivity contribution is 5.84. The van der Waals surface area contributed by atoms with Crippen molar-refractivity contribution in [2.45, 2.75) is 46.1 Å². The average Bonchev–Trinajstić information content (AvgIpc) is 3.47.